The average Bonchev–Trinajstić information content (AvgIpc) is 3.03. The predicted molar refractivity (Wildman–Crippen MR) is 85.2 cm³/mol. The standard InChI is InChI=1S/C17H15N3O3/c21-16(11-5-6-12-13(8-11)19-9-18-12)20-14-7-10-3-1-2-4-15(10)23-17(14)22/h1-4,7,9,11H,5-6,8H2,(H,18,19)(H,20,21). The van der Waals surface area contributed by atoms with Crippen molar-refractivity contribution in [3.63, 3.8) is 0 Å². The highest BCUT2D eigenvalue weighted by atomic mass is 16.4. The highest BCUT2D eigenvalue weighted by Gasteiger charge is 2.26. The molecule has 1 amide bonds. The van der Waals surface area contributed by atoms with Gasteiger partial charge in [0, 0.05) is 23.4 Å². The van der Waals surface area contributed by atoms with Crippen LogP contribution in [-0.4, -0.2) is 15.9 Å². The number of imidazole rings is 1. The number of amides is 1. The van der Waals surface area contributed by atoms with Crippen molar-refractivity contribution >= 4 is 22.6 Å². The second kappa shape index (κ2) is 5.39. The van der Waals surface area contributed by atoms with Crippen LogP contribution in [0.15, 0.2) is 45.9 Å². The zero-order valence-electron chi connectivity index (χ0n) is 12.3. The van der Waals surface area contributed by atoms with E-state index in [2.05, 4.69) is 15.3 Å². The minimum atomic E-state index is -0.532. The van der Waals surface area contributed by atoms with Crippen molar-refractivity contribution in [2.24, 2.45) is 5.92 Å². The fourth-order valence-corrected chi connectivity index (χ4v) is 3.01. The molecule has 2 N–H and O–H groups in total. The maximum absolute atomic E-state index is 12.5. The first-order chi connectivity index (χ1) is 11.2. The highest BCUT2D eigenvalue weighted by Crippen LogP contribution is 2.24. The lowest BCUT2D eigenvalue weighted by Crippen LogP contribution is -2.29. The van der Waals surface area contributed by atoms with Crippen LogP contribution in [0.5, 0.6) is 0 Å². The number of aromatic nitrogens is 2. The van der Waals surface area contributed by atoms with Gasteiger partial charge in [-0.05, 0) is 25.0 Å². The molecule has 0 radical (unpaired) electrons. The van der Waals surface area contributed by atoms with Crippen molar-refractivity contribution < 1.29 is 9.21 Å². The number of benzene rings is 1. The number of H-pyrrole nitrogens is 1. The molecular formula is C17H15N3O3. The summed E-state index contributed by atoms with van der Waals surface area (Å²) >= 11 is 0. The van der Waals surface area contributed by atoms with Crippen molar-refractivity contribution in [3.8, 4) is 0 Å². The molecule has 3 aromatic rings. The first kappa shape index (κ1) is 13.8. The molecule has 0 saturated carbocycles. The van der Waals surface area contributed by atoms with Crippen LogP contribution < -0.4 is 10.9 Å². The quantitative estimate of drug-likeness (QED) is 0.711. The second-order valence-corrected chi connectivity index (χ2v) is 5.74. The van der Waals surface area contributed by atoms with Crippen LogP contribution >= 0.6 is 0 Å². The zero-order chi connectivity index (χ0) is 15.8. The number of carbonyl (C=O) groups excluding carboxylic acids is 1. The molecule has 6 heteroatoms. The van der Waals surface area contributed by atoms with E-state index in [1.165, 1.54) is 0 Å². The Kier molecular flexibility index (Phi) is 3.22. The van der Waals surface area contributed by atoms with Gasteiger partial charge in [0.05, 0.1) is 12.0 Å². The lowest BCUT2D eigenvalue weighted by molar-refractivity contribution is -0.120. The fourth-order valence-electron chi connectivity index (χ4n) is 3.01. The molecule has 4 rings (SSSR count). The number of nitrogens with zero attached hydrogens (tertiary/aromatic N) is 1. The van der Waals surface area contributed by atoms with E-state index >= 15 is 0 Å². The first-order valence-electron chi connectivity index (χ1n) is 7.55. The van der Waals surface area contributed by atoms with Crippen molar-refractivity contribution in [1.29, 1.82) is 0 Å². The molecular weight excluding hydrogens is 294 g/mol. The summed E-state index contributed by atoms with van der Waals surface area (Å²) in [6, 6.07) is 8.88. The Labute approximate surface area is 131 Å². The number of carbonyl (C=O) groups is 1. The molecule has 1 atom stereocenters. The van der Waals surface area contributed by atoms with Gasteiger partial charge in [-0.2, -0.15) is 0 Å². The molecule has 116 valence electrons. The van der Waals surface area contributed by atoms with Gasteiger partial charge in [-0.3, -0.25) is 4.79 Å². The smallest absolute Gasteiger partial charge is 0.360 e. The Morgan fingerprint density at radius 2 is 2.22 bits per heavy atom. The molecule has 0 spiro atoms. The summed E-state index contributed by atoms with van der Waals surface area (Å²) in [7, 11) is 0. The lowest BCUT2D eigenvalue weighted by Gasteiger charge is -2.20. The first-order valence-corrected chi connectivity index (χ1v) is 7.55. The van der Waals surface area contributed by atoms with E-state index in [9.17, 15) is 9.59 Å². The van der Waals surface area contributed by atoms with Gasteiger partial charge in [0.2, 0.25) is 5.91 Å². The number of nitrogens with one attached hydrogen (secondary N) is 2. The highest BCUT2D eigenvalue weighted by molar-refractivity contribution is 5.94. The fraction of sp³-hybridized carbons (Fsp3) is 0.235. The summed E-state index contributed by atoms with van der Waals surface area (Å²) in [5.41, 5.74) is 2.19. The Bertz CT molecular complexity index is 941. The molecule has 2 heterocycles. The normalized spacial score (nSPS) is 17.0. The molecule has 0 aliphatic heterocycles. The third-order valence-corrected chi connectivity index (χ3v) is 4.26. The molecule has 1 aliphatic carbocycles. The SMILES string of the molecule is O=C(Nc1cc2ccccc2oc1=O)C1CCc2nc[nH]c2C1. The van der Waals surface area contributed by atoms with Crippen LogP contribution in [0.2, 0.25) is 0 Å². The molecule has 1 aliphatic rings. The van der Waals surface area contributed by atoms with E-state index in [1.54, 1.807) is 24.5 Å². The van der Waals surface area contributed by atoms with E-state index in [1.807, 2.05) is 12.1 Å². The van der Waals surface area contributed by atoms with Crippen molar-refractivity contribution in [2.45, 2.75) is 19.3 Å². The number of aromatic amines is 1. The summed E-state index contributed by atoms with van der Waals surface area (Å²) in [4.78, 5) is 31.8. The van der Waals surface area contributed by atoms with Gasteiger partial charge in [0.1, 0.15) is 11.3 Å². The summed E-state index contributed by atoms with van der Waals surface area (Å²) in [6.45, 7) is 0. The Balaban J connectivity index is 1.57. The third-order valence-electron chi connectivity index (χ3n) is 4.26. The van der Waals surface area contributed by atoms with Crippen LogP contribution in [-0.2, 0) is 17.6 Å². The molecule has 1 aromatic carbocycles. The van der Waals surface area contributed by atoms with E-state index in [0.29, 0.717) is 12.0 Å². The predicted octanol–water partition coefficient (Wildman–Crippen LogP) is 2.26. The Morgan fingerprint density at radius 1 is 1.35 bits per heavy atom. The summed E-state index contributed by atoms with van der Waals surface area (Å²) < 4.78 is 5.24. The maximum Gasteiger partial charge on any atom is 0.360 e. The minimum absolute atomic E-state index is 0.159. The molecule has 2 aromatic heterocycles. The molecule has 6 nitrogen and oxygen atoms in total. The zero-order valence-corrected chi connectivity index (χ0v) is 12.3. The average molecular weight is 309 g/mol. The van der Waals surface area contributed by atoms with Crippen molar-refractivity contribution in [2.75, 3.05) is 5.32 Å². The van der Waals surface area contributed by atoms with Crippen LogP contribution in [0, 0.1) is 5.92 Å². The van der Waals surface area contributed by atoms with E-state index < -0.39 is 5.63 Å². The summed E-state index contributed by atoms with van der Waals surface area (Å²) in [5, 5.41) is 3.50. The van der Waals surface area contributed by atoms with E-state index in [0.717, 1.165) is 29.6 Å². The van der Waals surface area contributed by atoms with Gasteiger partial charge in [-0.15, -0.1) is 0 Å². The Hall–Kier alpha value is -2.89. The van der Waals surface area contributed by atoms with Gasteiger partial charge >= 0.3 is 5.63 Å². The minimum Gasteiger partial charge on any atom is -0.421 e. The topological polar surface area (TPSA) is 88.0 Å². The van der Waals surface area contributed by atoms with Gasteiger partial charge in [-0.1, -0.05) is 18.2 Å². The van der Waals surface area contributed by atoms with Gasteiger partial charge in [0.15, 0.2) is 0 Å². The number of hydrogen-bond donors (Lipinski definition) is 2. The van der Waals surface area contributed by atoms with Crippen LogP contribution in [0.3, 0.4) is 0 Å². The van der Waals surface area contributed by atoms with E-state index in [-0.39, 0.29) is 17.5 Å². The second-order valence-electron chi connectivity index (χ2n) is 5.74. The number of hydrogen-bond acceptors (Lipinski definition) is 4. The summed E-state index contributed by atoms with van der Waals surface area (Å²) in [5.74, 6) is -0.332. The monoisotopic (exact) mass is 309 g/mol. The van der Waals surface area contributed by atoms with E-state index in [4.69, 9.17) is 4.42 Å². The number of anilines is 1. The van der Waals surface area contributed by atoms with Crippen molar-refractivity contribution in [3.05, 3.63) is 58.5 Å². The molecule has 0 fully saturated rings. The van der Waals surface area contributed by atoms with Crippen molar-refractivity contribution in [1.82, 2.24) is 9.97 Å². The maximum atomic E-state index is 12.5. The Morgan fingerprint density at radius 3 is 3.13 bits per heavy atom. The number of para-hydroxylation sites is 1. The van der Waals surface area contributed by atoms with Gasteiger partial charge in [0.25, 0.3) is 0 Å². The molecule has 0 saturated heterocycles. The molecule has 23 heavy (non-hydrogen) atoms. The number of fused-ring (bicyclic) bond motifs is 2. The van der Waals surface area contributed by atoms with Crippen LogP contribution in [0.1, 0.15) is 17.8 Å². The van der Waals surface area contributed by atoms with Gasteiger partial charge in [-0.25, -0.2) is 9.78 Å². The van der Waals surface area contributed by atoms with Crippen LogP contribution in [0.25, 0.3) is 11.0 Å². The van der Waals surface area contributed by atoms with Crippen LogP contribution in [0.4, 0.5) is 5.69 Å². The lowest BCUT2D eigenvalue weighted by atomic mass is 9.89. The molecule has 1 unspecified atom stereocenters. The molecule has 0 bridgehead atoms. The third kappa shape index (κ3) is 2.52. The van der Waals surface area contributed by atoms with Gasteiger partial charge < -0.3 is 14.7 Å². The number of rotatable bonds is 2. The number of aryl methyl sites for hydroxylation is 1. The largest absolute Gasteiger partial charge is 0.421 e. The summed E-state index contributed by atoms with van der Waals surface area (Å²) in [6.07, 6.45) is 3.76.